The monoisotopic (exact) mass is 686 g/mol. The summed E-state index contributed by atoms with van der Waals surface area (Å²) >= 11 is 8.51. The van der Waals surface area contributed by atoms with Gasteiger partial charge in [-0.25, -0.2) is 4.79 Å². The van der Waals surface area contributed by atoms with Gasteiger partial charge in [-0.2, -0.15) is 40.2 Å². The van der Waals surface area contributed by atoms with Crippen LogP contribution in [0.15, 0.2) is 9.98 Å². The number of hydrogen-bond donors (Lipinski definition) is 4. The number of amides is 2. The molecule has 0 aromatic heterocycles. The molecule has 228 valence electrons. The molecule has 4 N–H and O–H groups in total. The summed E-state index contributed by atoms with van der Waals surface area (Å²) in [6.45, 7) is 2.23. The number of rotatable bonds is 27. The lowest BCUT2D eigenvalue weighted by atomic mass is 10.7. The van der Waals surface area contributed by atoms with E-state index in [0.717, 1.165) is 46.3 Å². The molecule has 0 bridgehead atoms. The molecule has 0 rings (SSSR count). The number of hydrogen-bond acceptors (Lipinski definition) is 16. The number of ether oxygens (including phenoxy) is 1. The third-order valence-electron chi connectivity index (χ3n) is 3.62. The average molecular weight is 687 g/mol. The Morgan fingerprint density at radius 1 is 0.795 bits per heavy atom. The molecule has 0 heterocycles. The van der Waals surface area contributed by atoms with Crippen LogP contribution in [-0.2, 0) is 25.3 Å². The predicted molar refractivity (Wildman–Crippen MR) is 173 cm³/mol. The Balaban J connectivity index is 3.42. The van der Waals surface area contributed by atoms with E-state index in [-0.39, 0.29) is 29.0 Å². The molecule has 1 atom stereocenters. The minimum absolute atomic E-state index is 0.0231. The minimum Gasteiger partial charge on any atom is -0.438 e. The summed E-state index contributed by atoms with van der Waals surface area (Å²) in [5.74, 6) is 6.12. The van der Waals surface area contributed by atoms with Gasteiger partial charge < -0.3 is 30.5 Å². The summed E-state index contributed by atoms with van der Waals surface area (Å²) < 4.78 is 16.8. The lowest BCUT2D eigenvalue weighted by Gasteiger charge is -2.05. The van der Waals surface area contributed by atoms with Crippen LogP contribution in [-0.4, -0.2) is 134 Å². The van der Waals surface area contributed by atoms with Gasteiger partial charge in [-0.3, -0.25) is 19.0 Å². The number of nitrogens with one attached hydrogen (secondary N) is 2. The summed E-state index contributed by atoms with van der Waals surface area (Å²) in [4.78, 5) is 40.7. The summed E-state index contributed by atoms with van der Waals surface area (Å²) in [6.07, 6.45) is 0.731. The van der Waals surface area contributed by atoms with Crippen molar-refractivity contribution in [3.05, 3.63) is 0 Å². The fraction of sp³-hybridized carbons (Fsp3) is 0.800. The third-order valence-corrected chi connectivity index (χ3v) is 9.76. The molecule has 19 heteroatoms. The van der Waals surface area contributed by atoms with Crippen LogP contribution in [0.1, 0.15) is 0 Å². The van der Waals surface area contributed by atoms with Crippen molar-refractivity contribution < 1.29 is 38.5 Å². The molecule has 0 aliphatic heterocycles. The molecule has 0 radical (unpaired) electrons. The Kier molecular flexibility index (Phi) is 32.5. The number of aliphatic hydroxyl groups is 2. The van der Waals surface area contributed by atoms with E-state index in [1.165, 1.54) is 35.5 Å². The van der Waals surface area contributed by atoms with E-state index in [1.54, 1.807) is 35.3 Å². The third kappa shape index (κ3) is 32.4. The van der Waals surface area contributed by atoms with Gasteiger partial charge in [-0.15, -0.1) is 11.8 Å². The quantitative estimate of drug-likeness (QED) is 0.0248. The SMILES string of the molecule is O=C(NCCSCCN=CS(=O)CCSCCSC(=O)NCCSCCN=COOCSCO)OCSCO. The molecule has 0 aromatic rings. The van der Waals surface area contributed by atoms with Gasteiger partial charge in [0.05, 0.1) is 34.8 Å². The smallest absolute Gasteiger partial charge is 0.408 e. The Morgan fingerprint density at radius 2 is 1.46 bits per heavy atom. The molecule has 0 fully saturated rings. The van der Waals surface area contributed by atoms with Crippen LogP contribution in [0.2, 0.25) is 0 Å². The number of thioether (sulfide) groups is 6. The highest BCUT2D eigenvalue weighted by molar-refractivity contribution is 8.14. The first-order chi connectivity index (χ1) is 19.1. The molecule has 0 saturated carbocycles. The van der Waals surface area contributed by atoms with Crippen LogP contribution in [0.4, 0.5) is 9.59 Å². The van der Waals surface area contributed by atoms with Crippen molar-refractivity contribution in [2.24, 2.45) is 9.98 Å². The first-order valence-electron chi connectivity index (χ1n) is 11.7. The molecule has 1 unspecified atom stereocenters. The van der Waals surface area contributed by atoms with Crippen molar-refractivity contribution in [3.8, 4) is 0 Å². The zero-order valence-corrected chi connectivity index (χ0v) is 27.3. The van der Waals surface area contributed by atoms with Crippen LogP contribution in [0.25, 0.3) is 0 Å². The van der Waals surface area contributed by atoms with Gasteiger partial charge in [-0.05, 0) is 0 Å². The maximum atomic E-state index is 12.0. The number of alkyl carbamates (subject to hydrolysis) is 1. The molecular formula is C20H38N4O8S7. The predicted octanol–water partition coefficient (Wildman–Crippen LogP) is 2.39. The van der Waals surface area contributed by atoms with Crippen LogP contribution in [0.3, 0.4) is 0 Å². The summed E-state index contributed by atoms with van der Waals surface area (Å²) in [7, 11) is -1.10. The average Bonchev–Trinajstić information content (AvgIpc) is 2.92. The number of carbonyl (C=O) groups is 2. The maximum Gasteiger partial charge on any atom is 0.408 e. The number of aliphatic hydroxyl groups excluding tert-OH is 2. The van der Waals surface area contributed by atoms with Gasteiger partial charge in [-0.1, -0.05) is 23.5 Å². The van der Waals surface area contributed by atoms with Gasteiger partial charge in [0.15, 0.2) is 0 Å². The van der Waals surface area contributed by atoms with Crippen molar-refractivity contribution in [2.45, 2.75) is 0 Å². The van der Waals surface area contributed by atoms with Crippen molar-refractivity contribution >= 4 is 105 Å². The molecule has 0 aromatic carbocycles. The standard InChI is InChI=1S/C20H38N4O8S7/c25-15-36-17-30-19(27)23-3-7-34-6-2-22-14-39(29)12-11-35-9-10-38-20(28)24-4-8-33-5-1-21-13-31-32-18-37-16-26/h13-14,25-26H,1-12,15-18H2,(H,23,27)(H,24,28). The topological polar surface area (TPSA) is 168 Å². The van der Waals surface area contributed by atoms with Gasteiger partial charge in [0.25, 0.3) is 5.24 Å². The van der Waals surface area contributed by atoms with Gasteiger partial charge in [0, 0.05) is 65.7 Å². The van der Waals surface area contributed by atoms with Crippen LogP contribution < -0.4 is 10.6 Å². The molecule has 0 spiro atoms. The summed E-state index contributed by atoms with van der Waals surface area (Å²) in [5, 5.41) is 22.6. The van der Waals surface area contributed by atoms with Gasteiger partial charge in [0.1, 0.15) is 11.9 Å². The highest BCUT2D eigenvalue weighted by Crippen LogP contribution is 2.08. The lowest BCUT2D eigenvalue weighted by molar-refractivity contribution is -0.196. The van der Waals surface area contributed by atoms with E-state index >= 15 is 0 Å². The van der Waals surface area contributed by atoms with Gasteiger partial charge >= 0.3 is 6.09 Å². The molecule has 0 saturated heterocycles. The second kappa shape index (κ2) is 32.5. The van der Waals surface area contributed by atoms with E-state index < -0.39 is 16.9 Å². The number of carbonyl (C=O) groups excluding carboxylic acids is 2. The lowest BCUT2D eigenvalue weighted by Crippen LogP contribution is -2.26. The number of aliphatic imine (C=N–C) groups is 2. The first-order valence-corrected chi connectivity index (χ1v) is 19.8. The Hall–Kier alpha value is 0.01000. The minimum atomic E-state index is -1.10. The van der Waals surface area contributed by atoms with Crippen molar-refractivity contribution in [1.29, 1.82) is 0 Å². The molecular weight excluding hydrogens is 649 g/mol. The highest BCUT2D eigenvalue weighted by Gasteiger charge is 2.03. The molecule has 0 aliphatic carbocycles. The first kappa shape index (κ1) is 39.0. The summed E-state index contributed by atoms with van der Waals surface area (Å²) in [6, 6.07) is 0. The van der Waals surface area contributed by atoms with E-state index in [4.69, 9.17) is 19.8 Å². The summed E-state index contributed by atoms with van der Waals surface area (Å²) in [5.41, 5.74) is 1.49. The van der Waals surface area contributed by atoms with Gasteiger partial charge in [0.2, 0.25) is 6.40 Å². The van der Waals surface area contributed by atoms with Crippen molar-refractivity contribution in [3.63, 3.8) is 0 Å². The zero-order chi connectivity index (χ0) is 28.7. The van der Waals surface area contributed by atoms with E-state index in [9.17, 15) is 13.8 Å². The van der Waals surface area contributed by atoms with Crippen molar-refractivity contribution in [2.75, 3.05) is 96.0 Å². The van der Waals surface area contributed by atoms with E-state index in [1.807, 2.05) is 0 Å². The molecule has 39 heavy (non-hydrogen) atoms. The second-order valence-electron chi connectivity index (χ2n) is 6.48. The largest absolute Gasteiger partial charge is 0.438 e. The Bertz CT molecular complexity index is 684. The van der Waals surface area contributed by atoms with Crippen molar-refractivity contribution in [1.82, 2.24) is 10.6 Å². The molecule has 2 amide bonds. The number of nitrogens with zero attached hydrogens (tertiary/aromatic N) is 2. The normalized spacial score (nSPS) is 12.2. The Morgan fingerprint density at radius 3 is 2.21 bits per heavy atom. The van der Waals surface area contributed by atoms with Crippen LogP contribution in [0.5, 0.6) is 0 Å². The zero-order valence-electron chi connectivity index (χ0n) is 21.6. The van der Waals surface area contributed by atoms with E-state index in [0.29, 0.717) is 37.7 Å². The molecule has 0 aliphatic rings. The Labute approximate surface area is 258 Å². The molecule has 12 nitrogen and oxygen atoms in total. The van der Waals surface area contributed by atoms with E-state index in [2.05, 4.69) is 25.5 Å². The van der Waals surface area contributed by atoms with Crippen LogP contribution >= 0.6 is 70.6 Å². The maximum absolute atomic E-state index is 12.0. The second-order valence-corrected chi connectivity index (χ2v) is 14.4. The highest BCUT2D eigenvalue weighted by atomic mass is 32.2. The fourth-order valence-corrected chi connectivity index (χ4v) is 6.70. The van der Waals surface area contributed by atoms with Crippen LogP contribution in [0, 0.1) is 0 Å². The fourth-order valence-electron chi connectivity index (χ4n) is 1.96.